The lowest BCUT2D eigenvalue weighted by molar-refractivity contribution is -0.128. The highest BCUT2D eigenvalue weighted by atomic mass is 32.2. The molecule has 0 N–H and O–H groups in total. The SMILES string of the molecule is O=S(=O)(Cc1ccc(F)cc1CC(F)(F)F)Cc1ccc(F)cc1CC(F)(F)F. The van der Waals surface area contributed by atoms with Gasteiger partial charge in [0, 0.05) is 0 Å². The van der Waals surface area contributed by atoms with Crippen LogP contribution in [-0.4, -0.2) is 20.8 Å². The lowest BCUT2D eigenvalue weighted by atomic mass is 10.1. The van der Waals surface area contributed by atoms with Gasteiger partial charge in [-0.1, -0.05) is 12.1 Å². The molecule has 0 atom stereocenters. The van der Waals surface area contributed by atoms with Crippen molar-refractivity contribution in [2.75, 3.05) is 0 Å². The second-order valence-corrected chi connectivity index (χ2v) is 8.51. The lowest BCUT2D eigenvalue weighted by Gasteiger charge is -2.15. The van der Waals surface area contributed by atoms with Gasteiger partial charge in [-0.15, -0.1) is 0 Å². The molecule has 0 unspecified atom stereocenters. The molecule has 0 amide bonds. The third-order valence-corrected chi connectivity index (χ3v) is 5.37. The van der Waals surface area contributed by atoms with Gasteiger partial charge in [-0.25, -0.2) is 17.2 Å². The van der Waals surface area contributed by atoms with Crippen molar-refractivity contribution in [2.24, 2.45) is 0 Å². The van der Waals surface area contributed by atoms with E-state index in [0.29, 0.717) is 12.1 Å². The zero-order chi connectivity index (χ0) is 22.0. The maximum Gasteiger partial charge on any atom is 0.393 e. The summed E-state index contributed by atoms with van der Waals surface area (Å²) in [6.07, 6.45) is -12.6. The maximum atomic E-state index is 13.3. The molecule has 0 saturated heterocycles. The summed E-state index contributed by atoms with van der Waals surface area (Å²) >= 11 is 0. The Balaban J connectivity index is 2.33. The Hall–Kier alpha value is -2.17. The van der Waals surface area contributed by atoms with Crippen molar-refractivity contribution in [3.05, 3.63) is 70.3 Å². The second-order valence-electron chi connectivity index (χ2n) is 6.44. The summed E-state index contributed by atoms with van der Waals surface area (Å²) in [6, 6.07) is 4.47. The molecule has 0 spiro atoms. The van der Waals surface area contributed by atoms with Crippen LogP contribution in [0.1, 0.15) is 22.3 Å². The standard InChI is InChI=1S/C18H14F8O2S/c19-15-3-1-11(13(5-15)7-17(21,22)23)9-29(27,28)10-12-2-4-16(20)6-14(12)8-18(24,25)26/h1-6H,7-10H2. The molecule has 29 heavy (non-hydrogen) atoms. The molecule has 2 rings (SSSR count). The van der Waals surface area contributed by atoms with Crippen LogP contribution in [0.25, 0.3) is 0 Å². The predicted octanol–water partition coefficient (Wildman–Crippen LogP) is 5.29. The van der Waals surface area contributed by atoms with Crippen molar-refractivity contribution >= 4 is 9.84 Å². The monoisotopic (exact) mass is 446 g/mol. The molecule has 11 heteroatoms. The number of sulfone groups is 1. The summed E-state index contributed by atoms with van der Waals surface area (Å²) in [5.74, 6) is -3.86. The van der Waals surface area contributed by atoms with E-state index >= 15 is 0 Å². The van der Waals surface area contributed by atoms with E-state index in [0.717, 1.165) is 24.3 Å². The Morgan fingerprint density at radius 3 is 1.28 bits per heavy atom. The van der Waals surface area contributed by atoms with Crippen LogP contribution in [0.4, 0.5) is 35.1 Å². The Morgan fingerprint density at radius 1 is 0.621 bits per heavy atom. The molecular weight excluding hydrogens is 432 g/mol. The molecule has 0 fully saturated rings. The molecule has 2 aromatic carbocycles. The summed E-state index contributed by atoms with van der Waals surface area (Å²) in [7, 11) is -4.25. The number of rotatable bonds is 6. The molecule has 0 saturated carbocycles. The first-order valence-corrected chi connectivity index (χ1v) is 9.84. The van der Waals surface area contributed by atoms with Gasteiger partial charge in [0.2, 0.25) is 0 Å². The molecule has 0 aliphatic heterocycles. The molecule has 0 aromatic heterocycles. The Labute approximate surface area is 161 Å². The van der Waals surface area contributed by atoms with E-state index in [-0.39, 0.29) is 11.1 Å². The molecule has 2 aromatic rings. The van der Waals surface area contributed by atoms with Crippen LogP contribution in [0, 0.1) is 11.6 Å². The molecular formula is C18H14F8O2S. The van der Waals surface area contributed by atoms with E-state index in [1.807, 2.05) is 0 Å². The number of benzene rings is 2. The molecule has 0 aliphatic rings. The Kier molecular flexibility index (Phi) is 6.61. The van der Waals surface area contributed by atoms with Crippen LogP contribution in [0.2, 0.25) is 0 Å². The Morgan fingerprint density at radius 2 is 0.966 bits per heavy atom. The number of alkyl halides is 6. The molecule has 0 aliphatic carbocycles. The van der Waals surface area contributed by atoms with Crippen LogP contribution in [0.5, 0.6) is 0 Å². The fourth-order valence-corrected chi connectivity index (χ4v) is 4.37. The zero-order valence-electron chi connectivity index (χ0n) is 14.5. The molecule has 160 valence electrons. The lowest BCUT2D eigenvalue weighted by Crippen LogP contribution is -2.17. The van der Waals surface area contributed by atoms with Crippen molar-refractivity contribution in [1.29, 1.82) is 0 Å². The topological polar surface area (TPSA) is 34.1 Å². The van der Waals surface area contributed by atoms with Gasteiger partial charge in [0.25, 0.3) is 0 Å². The first kappa shape index (κ1) is 23.1. The average molecular weight is 446 g/mol. The van der Waals surface area contributed by atoms with Crippen LogP contribution in [0.3, 0.4) is 0 Å². The van der Waals surface area contributed by atoms with Gasteiger partial charge >= 0.3 is 12.4 Å². The van der Waals surface area contributed by atoms with Gasteiger partial charge < -0.3 is 0 Å². The smallest absolute Gasteiger partial charge is 0.228 e. The van der Waals surface area contributed by atoms with Crippen molar-refractivity contribution in [3.63, 3.8) is 0 Å². The van der Waals surface area contributed by atoms with Gasteiger partial charge in [-0.2, -0.15) is 26.3 Å². The summed E-state index contributed by atoms with van der Waals surface area (Å²) in [5, 5.41) is 0. The van der Waals surface area contributed by atoms with Crippen molar-refractivity contribution in [3.8, 4) is 0 Å². The van der Waals surface area contributed by atoms with Crippen LogP contribution in [0.15, 0.2) is 36.4 Å². The van der Waals surface area contributed by atoms with E-state index in [4.69, 9.17) is 0 Å². The van der Waals surface area contributed by atoms with Crippen molar-refractivity contribution in [2.45, 2.75) is 36.7 Å². The van der Waals surface area contributed by atoms with E-state index in [1.54, 1.807) is 0 Å². The predicted molar refractivity (Wildman–Crippen MR) is 88.6 cm³/mol. The van der Waals surface area contributed by atoms with Gasteiger partial charge in [0.1, 0.15) is 11.6 Å². The first-order chi connectivity index (χ1) is 13.1. The number of hydrogen-bond acceptors (Lipinski definition) is 2. The minimum absolute atomic E-state index is 0.316. The number of halogens is 8. The summed E-state index contributed by atoms with van der Waals surface area (Å²) in [6.45, 7) is 0. The fourth-order valence-electron chi connectivity index (χ4n) is 2.76. The van der Waals surface area contributed by atoms with Crippen molar-refractivity contribution < 1.29 is 43.5 Å². The molecule has 0 heterocycles. The van der Waals surface area contributed by atoms with Crippen LogP contribution < -0.4 is 0 Å². The highest BCUT2D eigenvalue weighted by Gasteiger charge is 2.31. The van der Waals surface area contributed by atoms with Crippen LogP contribution in [-0.2, 0) is 34.2 Å². The molecule has 2 nitrogen and oxygen atoms in total. The third-order valence-electron chi connectivity index (χ3n) is 3.87. The number of hydrogen-bond donors (Lipinski definition) is 0. The van der Waals surface area contributed by atoms with E-state index in [1.165, 1.54) is 0 Å². The maximum absolute atomic E-state index is 13.3. The fraction of sp³-hybridized carbons (Fsp3) is 0.333. The normalized spacial score (nSPS) is 13.0. The zero-order valence-corrected chi connectivity index (χ0v) is 15.4. The molecule has 0 bridgehead atoms. The van der Waals surface area contributed by atoms with E-state index < -0.39 is 69.3 Å². The summed E-state index contributed by atoms with van der Waals surface area (Å²) in [5.41, 5.74) is -1.81. The largest absolute Gasteiger partial charge is 0.393 e. The molecule has 0 radical (unpaired) electrons. The van der Waals surface area contributed by atoms with E-state index in [2.05, 4.69) is 0 Å². The summed E-state index contributed by atoms with van der Waals surface area (Å²) < 4.78 is 127. The quantitative estimate of drug-likeness (QED) is 0.566. The highest BCUT2D eigenvalue weighted by Crippen LogP contribution is 2.28. The Bertz CT molecular complexity index is 905. The van der Waals surface area contributed by atoms with Crippen molar-refractivity contribution in [1.82, 2.24) is 0 Å². The average Bonchev–Trinajstić information content (AvgIpc) is 2.49. The second kappa shape index (κ2) is 8.29. The van der Waals surface area contributed by atoms with Crippen LogP contribution >= 0.6 is 0 Å². The van der Waals surface area contributed by atoms with Gasteiger partial charge in [-0.3, -0.25) is 0 Å². The van der Waals surface area contributed by atoms with Gasteiger partial charge in [-0.05, 0) is 46.5 Å². The summed E-state index contributed by atoms with van der Waals surface area (Å²) in [4.78, 5) is 0. The van der Waals surface area contributed by atoms with Gasteiger partial charge in [0.15, 0.2) is 9.84 Å². The van der Waals surface area contributed by atoms with Gasteiger partial charge in [0.05, 0.1) is 24.3 Å². The minimum Gasteiger partial charge on any atom is -0.228 e. The first-order valence-electron chi connectivity index (χ1n) is 8.02. The third kappa shape index (κ3) is 7.64. The minimum atomic E-state index is -4.72. The van der Waals surface area contributed by atoms with E-state index in [9.17, 15) is 43.5 Å². The highest BCUT2D eigenvalue weighted by molar-refractivity contribution is 7.89.